The summed E-state index contributed by atoms with van der Waals surface area (Å²) in [7, 11) is -3.81. The maximum atomic E-state index is 13.6. The molecule has 0 atom stereocenters. The Morgan fingerprint density at radius 3 is 2.65 bits per heavy atom. The van der Waals surface area contributed by atoms with E-state index in [2.05, 4.69) is 9.88 Å². The molecule has 0 aliphatic carbocycles. The average molecular weight is 352 g/mol. The Bertz CT molecular complexity index is 947. The van der Waals surface area contributed by atoms with Crippen molar-refractivity contribution in [1.29, 1.82) is 0 Å². The van der Waals surface area contributed by atoms with E-state index in [1.807, 2.05) is 0 Å². The molecule has 8 heteroatoms. The molecule has 1 N–H and O–H groups in total. The number of thiophene rings is 1. The first-order chi connectivity index (χ1) is 10.9. The summed E-state index contributed by atoms with van der Waals surface area (Å²) in [6.45, 7) is 3.31. The number of sulfonamides is 1. The molecular formula is C15H13FN2O3S2. The van der Waals surface area contributed by atoms with Gasteiger partial charge in [-0.05, 0) is 37.6 Å². The number of anilines is 1. The average Bonchev–Trinajstić information content (AvgIpc) is 3.11. The predicted molar refractivity (Wildman–Crippen MR) is 86.5 cm³/mol. The zero-order valence-electron chi connectivity index (χ0n) is 12.3. The fraction of sp³-hybridized carbons (Fsp3) is 0.133. The summed E-state index contributed by atoms with van der Waals surface area (Å²) in [4.78, 5) is 1.40. The van der Waals surface area contributed by atoms with Crippen LogP contribution in [0.3, 0.4) is 0 Å². The molecule has 0 amide bonds. The Kier molecular flexibility index (Phi) is 3.95. The fourth-order valence-electron chi connectivity index (χ4n) is 2.06. The van der Waals surface area contributed by atoms with Crippen LogP contribution in [0.5, 0.6) is 0 Å². The van der Waals surface area contributed by atoms with Gasteiger partial charge in [-0.2, -0.15) is 0 Å². The van der Waals surface area contributed by atoms with Crippen LogP contribution in [-0.2, 0) is 10.0 Å². The molecule has 0 aliphatic heterocycles. The van der Waals surface area contributed by atoms with E-state index in [9.17, 15) is 12.8 Å². The van der Waals surface area contributed by atoms with Gasteiger partial charge in [-0.25, -0.2) is 12.8 Å². The largest absolute Gasteiger partial charge is 0.355 e. The van der Waals surface area contributed by atoms with E-state index in [0.717, 1.165) is 6.07 Å². The number of benzene rings is 1. The predicted octanol–water partition coefficient (Wildman–Crippen LogP) is 3.96. The number of aromatic nitrogens is 1. The number of hydrogen-bond donors (Lipinski definition) is 1. The van der Waals surface area contributed by atoms with Crippen LogP contribution in [0.1, 0.15) is 10.4 Å². The molecule has 0 spiro atoms. The quantitative estimate of drug-likeness (QED) is 0.771. The van der Waals surface area contributed by atoms with Crippen molar-refractivity contribution in [1.82, 2.24) is 5.16 Å². The minimum Gasteiger partial charge on any atom is -0.355 e. The van der Waals surface area contributed by atoms with Crippen LogP contribution >= 0.6 is 11.3 Å². The van der Waals surface area contributed by atoms with Gasteiger partial charge in [-0.3, -0.25) is 4.72 Å². The van der Waals surface area contributed by atoms with Gasteiger partial charge >= 0.3 is 0 Å². The monoisotopic (exact) mass is 352 g/mol. The summed E-state index contributed by atoms with van der Waals surface area (Å²) < 4.78 is 46.1. The van der Waals surface area contributed by atoms with Crippen LogP contribution in [0.4, 0.5) is 10.1 Å². The number of hydrogen-bond acceptors (Lipinski definition) is 5. The normalized spacial score (nSPS) is 11.6. The van der Waals surface area contributed by atoms with E-state index in [1.54, 1.807) is 19.9 Å². The first-order valence-electron chi connectivity index (χ1n) is 6.67. The van der Waals surface area contributed by atoms with Gasteiger partial charge in [0.2, 0.25) is 0 Å². The van der Waals surface area contributed by atoms with Crippen LogP contribution in [0.25, 0.3) is 10.6 Å². The number of halogens is 1. The lowest BCUT2D eigenvalue weighted by molar-refractivity contribution is 0.433. The van der Waals surface area contributed by atoms with Gasteiger partial charge in [0.05, 0.1) is 16.8 Å². The van der Waals surface area contributed by atoms with Gasteiger partial charge in [0.15, 0.2) is 5.76 Å². The molecule has 0 fully saturated rings. The minimum absolute atomic E-state index is 0.134. The molecule has 1 aromatic carbocycles. The van der Waals surface area contributed by atoms with Gasteiger partial charge in [-0.15, -0.1) is 11.3 Å². The zero-order valence-corrected chi connectivity index (χ0v) is 14.0. The van der Waals surface area contributed by atoms with Gasteiger partial charge in [0.1, 0.15) is 10.7 Å². The van der Waals surface area contributed by atoms with Gasteiger partial charge in [-0.1, -0.05) is 11.2 Å². The fourth-order valence-corrected chi connectivity index (χ4v) is 4.66. The molecule has 0 radical (unpaired) electrons. The van der Waals surface area contributed by atoms with Crippen molar-refractivity contribution in [3.05, 3.63) is 52.8 Å². The maximum absolute atomic E-state index is 13.6. The molecular weight excluding hydrogens is 339 g/mol. The zero-order chi connectivity index (χ0) is 16.6. The lowest BCUT2D eigenvalue weighted by Crippen LogP contribution is -2.13. The van der Waals surface area contributed by atoms with Crippen molar-refractivity contribution < 1.29 is 17.3 Å². The minimum atomic E-state index is -3.81. The van der Waals surface area contributed by atoms with Gasteiger partial charge in [0.25, 0.3) is 10.0 Å². The molecule has 2 heterocycles. The van der Waals surface area contributed by atoms with Crippen molar-refractivity contribution in [2.75, 3.05) is 4.72 Å². The first-order valence-corrected chi connectivity index (χ1v) is 8.97. The Labute approximate surface area is 136 Å². The highest BCUT2D eigenvalue weighted by molar-refractivity contribution is 7.93. The Morgan fingerprint density at radius 2 is 2.00 bits per heavy atom. The SMILES string of the molecule is Cc1ccc(NS(=O)(=O)c2cc(-c3ccno3)sc2C)cc1F. The third-order valence-corrected chi connectivity index (χ3v) is 5.97. The number of nitrogens with one attached hydrogen (secondary N) is 1. The first kappa shape index (κ1) is 15.7. The molecule has 2 aromatic heterocycles. The summed E-state index contributed by atoms with van der Waals surface area (Å²) in [5.41, 5.74) is 0.632. The van der Waals surface area contributed by atoms with Crippen LogP contribution in [-0.4, -0.2) is 13.6 Å². The second-order valence-corrected chi connectivity index (χ2v) is 7.88. The molecule has 0 aliphatic rings. The number of rotatable bonds is 4. The Balaban J connectivity index is 1.95. The van der Waals surface area contributed by atoms with E-state index >= 15 is 0 Å². The van der Waals surface area contributed by atoms with E-state index in [4.69, 9.17) is 4.52 Å². The van der Waals surface area contributed by atoms with Crippen LogP contribution in [0, 0.1) is 19.7 Å². The number of aryl methyl sites for hydroxylation is 2. The van der Waals surface area contributed by atoms with E-state index < -0.39 is 15.8 Å². The lowest BCUT2D eigenvalue weighted by Gasteiger charge is -2.08. The van der Waals surface area contributed by atoms with E-state index in [1.165, 1.54) is 35.7 Å². The van der Waals surface area contributed by atoms with Crippen molar-refractivity contribution in [2.24, 2.45) is 0 Å². The van der Waals surface area contributed by atoms with Crippen LogP contribution < -0.4 is 4.72 Å². The second kappa shape index (κ2) is 5.78. The standard InChI is InChI=1S/C15H13FN2O3S2/c1-9-3-4-11(7-12(9)16)18-23(19,20)15-8-14(22-10(15)2)13-5-6-17-21-13/h3-8,18H,1-2H3. The Morgan fingerprint density at radius 1 is 1.22 bits per heavy atom. The highest BCUT2D eigenvalue weighted by Crippen LogP contribution is 2.34. The molecule has 3 rings (SSSR count). The molecule has 120 valence electrons. The molecule has 3 aromatic rings. The van der Waals surface area contributed by atoms with Crippen LogP contribution in [0.2, 0.25) is 0 Å². The number of nitrogens with zero attached hydrogens (tertiary/aromatic N) is 1. The summed E-state index contributed by atoms with van der Waals surface area (Å²) >= 11 is 1.29. The highest BCUT2D eigenvalue weighted by Gasteiger charge is 2.22. The summed E-state index contributed by atoms with van der Waals surface area (Å²) in [5, 5.41) is 3.61. The van der Waals surface area contributed by atoms with E-state index in [0.29, 0.717) is 21.1 Å². The maximum Gasteiger partial charge on any atom is 0.263 e. The molecule has 5 nitrogen and oxygen atoms in total. The third-order valence-electron chi connectivity index (χ3n) is 3.27. The van der Waals surface area contributed by atoms with E-state index in [-0.39, 0.29) is 10.6 Å². The smallest absolute Gasteiger partial charge is 0.263 e. The topological polar surface area (TPSA) is 72.2 Å². The summed E-state index contributed by atoms with van der Waals surface area (Å²) in [5.74, 6) is 0.0375. The molecule has 0 saturated carbocycles. The lowest BCUT2D eigenvalue weighted by atomic mass is 10.2. The summed E-state index contributed by atoms with van der Waals surface area (Å²) in [6.07, 6.45) is 1.49. The second-order valence-electron chi connectivity index (χ2n) is 4.98. The molecule has 23 heavy (non-hydrogen) atoms. The van der Waals surface area contributed by atoms with Crippen molar-refractivity contribution >= 4 is 27.0 Å². The van der Waals surface area contributed by atoms with Crippen molar-refractivity contribution in [3.8, 4) is 10.6 Å². The highest BCUT2D eigenvalue weighted by atomic mass is 32.2. The Hall–Kier alpha value is -2.19. The van der Waals surface area contributed by atoms with Crippen molar-refractivity contribution in [3.63, 3.8) is 0 Å². The van der Waals surface area contributed by atoms with Crippen molar-refractivity contribution in [2.45, 2.75) is 18.7 Å². The molecule has 0 bridgehead atoms. The third kappa shape index (κ3) is 3.13. The van der Waals surface area contributed by atoms with Gasteiger partial charge in [0, 0.05) is 10.9 Å². The summed E-state index contributed by atoms with van der Waals surface area (Å²) in [6, 6.07) is 7.38. The van der Waals surface area contributed by atoms with Gasteiger partial charge < -0.3 is 4.52 Å². The molecule has 0 unspecified atom stereocenters. The van der Waals surface area contributed by atoms with Crippen LogP contribution in [0.15, 0.2) is 45.9 Å². The molecule has 0 saturated heterocycles.